The van der Waals surface area contributed by atoms with Gasteiger partial charge in [-0.3, -0.25) is 9.78 Å². The summed E-state index contributed by atoms with van der Waals surface area (Å²) in [6.45, 7) is 3.03. The van der Waals surface area contributed by atoms with E-state index in [2.05, 4.69) is 31.9 Å². The summed E-state index contributed by atoms with van der Waals surface area (Å²) in [4.78, 5) is 21.7. The highest BCUT2D eigenvalue weighted by Gasteiger charge is 2.27. The fraction of sp³-hybridized carbons (Fsp3) is 0.429. The van der Waals surface area contributed by atoms with Crippen LogP contribution in [0, 0.1) is 0 Å². The third-order valence-corrected chi connectivity index (χ3v) is 5.93. The van der Waals surface area contributed by atoms with Gasteiger partial charge in [-0.1, -0.05) is 6.07 Å². The van der Waals surface area contributed by atoms with E-state index in [4.69, 9.17) is 4.74 Å². The molecule has 27 heavy (non-hydrogen) atoms. The molecular weight excluding hydrogens is 406 g/mol. The molecule has 1 amide bonds. The zero-order valence-electron chi connectivity index (χ0n) is 15.9. The summed E-state index contributed by atoms with van der Waals surface area (Å²) in [6, 6.07) is 11.8. The molecular formula is C21H26BrN3O2. The number of halogens is 1. The number of rotatable bonds is 6. The van der Waals surface area contributed by atoms with E-state index in [1.807, 2.05) is 42.4 Å². The van der Waals surface area contributed by atoms with Crippen LogP contribution in [0.5, 0.6) is 5.75 Å². The molecule has 2 heterocycles. The largest absolute Gasteiger partial charge is 0.497 e. The minimum atomic E-state index is 0.0349. The Bertz CT molecular complexity index is 761. The summed E-state index contributed by atoms with van der Waals surface area (Å²) in [6.07, 6.45) is 4.80. The molecule has 0 radical (unpaired) electrons. The van der Waals surface area contributed by atoms with E-state index >= 15 is 0 Å². The lowest BCUT2D eigenvalue weighted by Gasteiger charge is -2.37. The van der Waals surface area contributed by atoms with Crippen LogP contribution in [0.15, 0.2) is 47.1 Å². The van der Waals surface area contributed by atoms with Crippen molar-refractivity contribution in [2.24, 2.45) is 0 Å². The minimum Gasteiger partial charge on any atom is -0.497 e. The molecule has 1 aromatic carbocycles. The van der Waals surface area contributed by atoms with Crippen molar-refractivity contribution in [2.45, 2.75) is 25.3 Å². The van der Waals surface area contributed by atoms with Crippen LogP contribution in [-0.2, 0) is 6.42 Å². The Hall–Kier alpha value is -1.92. The lowest BCUT2D eigenvalue weighted by atomic mass is 10.0. The topological polar surface area (TPSA) is 45.7 Å². The Balaban J connectivity index is 1.53. The number of piperidine rings is 1. The lowest BCUT2D eigenvalue weighted by Crippen LogP contribution is -2.46. The molecule has 0 bridgehead atoms. The number of nitrogens with zero attached hydrogens (tertiary/aromatic N) is 3. The average molecular weight is 432 g/mol. The predicted octanol–water partition coefficient (Wildman–Crippen LogP) is 3.63. The highest BCUT2D eigenvalue weighted by Crippen LogP contribution is 2.25. The molecule has 1 aromatic heterocycles. The average Bonchev–Trinajstić information content (AvgIpc) is 2.73. The van der Waals surface area contributed by atoms with E-state index < -0.39 is 0 Å². The quantitative estimate of drug-likeness (QED) is 0.700. The van der Waals surface area contributed by atoms with Crippen molar-refractivity contribution in [3.8, 4) is 5.75 Å². The number of benzene rings is 1. The first-order valence-corrected chi connectivity index (χ1v) is 10.1. The molecule has 1 saturated heterocycles. The first-order valence-electron chi connectivity index (χ1n) is 9.31. The standard InChI is InChI=1S/C21H26BrN3O2/c1-24(21(26)19-15-18(27-2)6-7-20(19)22)17-9-13-25(14-10-17)12-8-16-5-3-4-11-23-16/h3-7,11,15,17H,8-10,12-14H2,1-2H3. The summed E-state index contributed by atoms with van der Waals surface area (Å²) in [5.74, 6) is 0.729. The van der Waals surface area contributed by atoms with Gasteiger partial charge in [-0.05, 0) is 59.1 Å². The number of carbonyl (C=O) groups excluding carboxylic acids is 1. The summed E-state index contributed by atoms with van der Waals surface area (Å²) in [5, 5.41) is 0. The van der Waals surface area contributed by atoms with Crippen LogP contribution in [-0.4, -0.2) is 60.5 Å². The number of hydrogen-bond donors (Lipinski definition) is 0. The van der Waals surface area contributed by atoms with Crippen LogP contribution in [0.1, 0.15) is 28.9 Å². The first-order chi connectivity index (χ1) is 13.1. The number of likely N-dealkylation sites (tertiary alicyclic amines) is 1. The second-order valence-corrected chi connectivity index (χ2v) is 7.76. The molecule has 0 unspecified atom stereocenters. The molecule has 2 aromatic rings. The maximum absolute atomic E-state index is 12.9. The van der Waals surface area contributed by atoms with E-state index in [0.29, 0.717) is 11.3 Å². The normalized spacial score (nSPS) is 15.5. The highest BCUT2D eigenvalue weighted by atomic mass is 79.9. The molecule has 5 nitrogen and oxygen atoms in total. The summed E-state index contributed by atoms with van der Waals surface area (Å²) in [7, 11) is 3.52. The van der Waals surface area contributed by atoms with Crippen molar-refractivity contribution < 1.29 is 9.53 Å². The van der Waals surface area contributed by atoms with E-state index in [1.165, 1.54) is 0 Å². The molecule has 1 aliphatic heterocycles. The number of carbonyl (C=O) groups is 1. The number of amides is 1. The SMILES string of the molecule is COc1ccc(Br)c(C(=O)N(C)C2CCN(CCc3ccccn3)CC2)c1. The van der Waals surface area contributed by atoms with Crippen molar-refractivity contribution in [1.82, 2.24) is 14.8 Å². The number of aromatic nitrogens is 1. The van der Waals surface area contributed by atoms with Crippen molar-refractivity contribution in [3.63, 3.8) is 0 Å². The van der Waals surface area contributed by atoms with Crippen molar-refractivity contribution in [3.05, 3.63) is 58.3 Å². The molecule has 0 saturated carbocycles. The highest BCUT2D eigenvalue weighted by molar-refractivity contribution is 9.10. The van der Waals surface area contributed by atoms with Crippen molar-refractivity contribution in [2.75, 3.05) is 33.8 Å². The Labute approximate surface area is 169 Å². The smallest absolute Gasteiger partial charge is 0.255 e. The molecule has 3 rings (SSSR count). The van der Waals surface area contributed by atoms with E-state index in [-0.39, 0.29) is 11.9 Å². The Morgan fingerprint density at radius 1 is 1.30 bits per heavy atom. The molecule has 0 aliphatic carbocycles. The fourth-order valence-electron chi connectivity index (χ4n) is 3.50. The predicted molar refractivity (Wildman–Crippen MR) is 110 cm³/mol. The van der Waals surface area contributed by atoms with Gasteiger partial charge in [-0.15, -0.1) is 0 Å². The Kier molecular flexibility index (Phi) is 6.85. The van der Waals surface area contributed by atoms with Crippen LogP contribution in [0.3, 0.4) is 0 Å². The zero-order valence-corrected chi connectivity index (χ0v) is 17.5. The van der Waals surface area contributed by atoms with Gasteiger partial charge in [0, 0.05) is 55.5 Å². The first kappa shape index (κ1) is 19.8. The monoisotopic (exact) mass is 431 g/mol. The zero-order chi connectivity index (χ0) is 19.2. The second kappa shape index (κ2) is 9.33. The third-order valence-electron chi connectivity index (χ3n) is 5.24. The maximum Gasteiger partial charge on any atom is 0.255 e. The molecule has 144 valence electrons. The number of ether oxygens (including phenoxy) is 1. The number of pyridine rings is 1. The van der Waals surface area contributed by atoms with Gasteiger partial charge >= 0.3 is 0 Å². The summed E-state index contributed by atoms with van der Waals surface area (Å²) >= 11 is 3.49. The minimum absolute atomic E-state index is 0.0349. The van der Waals surface area contributed by atoms with Gasteiger partial charge in [0.25, 0.3) is 5.91 Å². The Morgan fingerprint density at radius 3 is 2.74 bits per heavy atom. The molecule has 1 aliphatic rings. The van der Waals surface area contributed by atoms with E-state index in [0.717, 1.165) is 49.1 Å². The molecule has 1 fully saturated rings. The van der Waals surface area contributed by atoms with Gasteiger partial charge < -0.3 is 14.5 Å². The van der Waals surface area contributed by atoms with Crippen LogP contribution in [0.25, 0.3) is 0 Å². The number of hydrogen-bond acceptors (Lipinski definition) is 4. The van der Waals surface area contributed by atoms with Crippen molar-refractivity contribution in [1.29, 1.82) is 0 Å². The molecule has 0 N–H and O–H groups in total. The fourth-order valence-corrected chi connectivity index (χ4v) is 3.92. The van der Waals surface area contributed by atoms with Gasteiger partial charge in [-0.2, -0.15) is 0 Å². The molecule has 0 spiro atoms. The van der Waals surface area contributed by atoms with Crippen LogP contribution < -0.4 is 4.74 Å². The summed E-state index contributed by atoms with van der Waals surface area (Å²) < 4.78 is 6.06. The van der Waals surface area contributed by atoms with Gasteiger partial charge in [0.2, 0.25) is 0 Å². The van der Waals surface area contributed by atoms with Crippen LogP contribution in [0.4, 0.5) is 0 Å². The van der Waals surface area contributed by atoms with Crippen molar-refractivity contribution >= 4 is 21.8 Å². The molecule has 6 heteroatoms. The van der Waals surface area contributed by atoms with Gasteiger partial charge in [0.05, 0.1) is 12.7 Å². The number of methoxy groups -OCH3 is 1. The van der Waals surface area contributed by atoms with E-state index in [1.54, 1.807) is 13.2 Å². The van der Waals surface area contributed by atoms with Crippen LogP contribution in [0.2, 0.25) is 0 Å². The van der Waals surface area contributed by atoms with Gasteiger partial charge in [-0.25, -0.2) is 0 Å². The summed E-state index contributed by atoms with van der Waals surface area (Å²) in [5.41, 5.74) is 1.78. The Morgan fingerprint density at radius 2 is 2.07 bits per heavy atom. The molecule has 0 atom stereocenters. The maximum atomic E-state index is 12.9. The van der Waals surface area contributed by atoms with Gasteiger partial charge in [0.1, 0.15) is 5.75 Å². The lowest BCUT2D eigenvalue weighted by molar-refractivity contribution is 0.0642. The van der Waals surface area contributed by atoms with E-state index in [9.17, 15) is 4.79 Å². The van der Waals surface area contributed by atoms with Crippen LogP contribution >= 0.6 is 15.9 Å². The third kappa shape index (κ3) is 5.08. The van der Waals surface area contributed by atoms with Gasteiger partial charge in [0.15, 0.2) is 0 Å². The second-order valence-electron chi connectivity index (χ2n) is 6.91.